The highest BCUT2D eigenvalue weighted by atomic mass is 16.1. The predicted octanol–water partition coefficient (Wildman–Crippen LogP) is 2.62. The van der Waals surface area contributed by atoms with Crippen LogP contribution in [-0.2, 0) is 11.2 Å². The van der Waals surface area contributed by atoms with E-state index in [-0.39, 0.29) is 11.4 Å². The zero-order valence-corrected chi connectivity index (χ0v) is 12.9. The van der Waals surface area contributed by atoms with E-state index in [2.05, 4.69) is 15.3 Å². The standard InChI is InChI=1S/C16H22N4O/c1-10-14(9-16(3,4)17)20-15(18-10)12-6-5-7-13(8-12)19-11(2)21/h5-8H,9,17H2,1-4H3,(H,18,20)(H,19,21). The lowest BCUT2D eigenvalue weighted by Gasteiger charge is -2.16. The number of nitrogens with zero attached hydrogens (tertiary/aromatic N) is 1. The molecule has 0 aliphatic carbocycles. The number of amides is 1. The van der Waals surface area contributed by atoms with Gasteiger partial charge in [-0.1, -0.05) is 12.1 Å². The molecule has 5 heteroatoms. The lowest BCUT2D eigenvalue weighted by Crippen LogP contribution is -2.34. The van der Waals surface area contributed by atoms with Gasteiger partial charge >= 0.3 is 0 Å². The summed E-state index contributed by atoms with van der Waals surface area (Å²) in [7, 11) is 0. The number of rotatable bonds is 4. The minimum atomic E-state index is -0.296. The second-order valence-electron chi connectivity index (χ2n) is 6.08. The predicted molar refractivity (Wildman–Crippen MR) is 85.0 cm³/mol. The fourth-order valence-electron chi connectivity index (χ4n) is 2.18. The lowest BCUT2D eigenvalue weighted by atomic mass is 9.99. The first kappa shape index (κ1) is 15.3. The molecule has 2 aromatic rings. The summed E-state index contributed by atoms with van der Waals surface area (Å²) < 4.78 is 0. The van der Waals surface area contributed by atoms with Crippen LogP contribution in [0.2, 0.25) is 0 Å². The average molecular weight is 286 g/mol. The number of aryl methyl sites for hydroxylation is 1. The molecule has 2 rings (SSSR count). The summed E-state index contributed by atoms with van der Waals surface area (Å²) in [6, 6.07) is 7.60. The first-order chi connectivity index (χ1) is 9.74. The van der Waals surface area contributed by atoms with E-state index in [0.717, 1.165) is 28.5 Å². The van der Waals surface area contributed by atoms with Gasteiger partial charge in [0, 0.05) is 35.8 Å². The van der Waals surface area contributed by atoms with Gasteiger partial charge in [0.25, 0.3) is 0 Å². The molecule has 0 saturated heterocycles. The van der Waals surface area contributed by atoms with Crippen molar-refractivity contribution in [2.75, 3.05) is 5.32 Å². The first-order valence-corrected chi connectivity index (χ1v) is 6.97. The topological polar surface area (TPSA) is 83.8 Å². The zero-order chi connectivity index (χ0) is 15.6. The van der Waals surface area contributed by atoms with E-state index < -0.39 is 0 Å². The minimum absolute atomic E-state index is 0.0895. The van der Waals surface area contributed by atoms with Crippen LogP contribution in [0.4, 0.5) is 5.69 Å². The Morgan fingerprint density at radius 3 is 2.76 bits per heavy atom. The molecule has 4 N–H and O–H groups in total. The maximum Gasteiger partial charge on any atom is 0.221 e. The van der Waals surface area contributed by atoms with E-state index in [1.807, 2.05) is 45.0 Å². The van der Waals surface area contributed by atoms with Crippen LogP contribution in [0, 0.1) is 6.92 Å². The molecule has 0 aliphatic rings. The SMILES string of the molecule is CC(=O)Nc1cccc(-c2nc(CC(C)(C)N)c(C)[nH]2)c1. The number of hydrogen-bond acceptors (Lipinski definition) is 3. The van der Waals surface area contributed by atoms with Gasteiger partial charge in [0.15, 0.2) is 0 Å². The van der Waals surface area contributed by atoms with Crippen molar-refractivity contribution >= 4 is 11.6 Å². The van der Waals surface area contributed by atoms with Crippen molar-refractivity contribution in [3.63, 3.8) is 0 Å². The van der Waals surface area contributed by atoms with Gasteiger partial charge in [-0.05, 0) is 32.9 Å². The molecule has 1 amide bonds. The number of anilines is 1. The molecule has 1 aromatic carbocycles. The molecule has 0 atom stereocenters. The highest BCUT2D eigenvalue weighted by Crippen LogP contribution is 2.23. The minimum Gasteiger partial charge on any atom is -0.342 e. The van der Waals surface area contributed by atoms with E-state index in [0.29, 0.717) is 6.42 Å². The van der Waals surface area contributed by atoms with Crippen molar-refractivity contribution in [2.45, 2.75) is 39.7 Å². The van der Waals surface area contributed by atoms with E-state index in [1.54, 1.807) is 0 Å². The third-order valence-corrected chi connectivity index (χ3v) is 3.06. The van der Waals surface area contributed by atoms with Crippen molar-refractivity contribution < 1.29 is 4.79 Å². The van der Waals surface area contributed by atoms with Gasteiger partial charge < -0.3 is 16.0 Å². The summed E-state index contributed by atoms with van der Waals surface area (Å²) in [6.07, 6.45) is 0.709. The molecule has 112 valence electrons. The number of aromatic nitrogens is 2. The zero-order valence-electron chi connectivity index (χ0n) is 12.9. The van der Waals surface area contributed by atoms with E-state index in [9.17, 15) is 4.79 Å². The first-order valence-electron chi connectivity index (χ1n) is 6.97. The largest absolute Gasteiger partial charge is 0.342 e. The molecule has 0 saturated carbocycles. The normalized spacial score (nSPS) is 11.5. The van der Waals surface area contributed by atoms with Gasteiger partial charge in [-0.25, -0.2) is 4.98 Å². The molecule has 0 aliphatic heterocycles. The molecule has 0 spiro atoms. The van der Waals surface area contributed by atoms with Gasteiger partial charge in [-0.2, -0.15) is 0 Å². The summed E-state index contributed by atoms with van der Waals surface area (Å²) in [5, 5.41) is 2.77. The van der Waals surface area contributed by atoms with Crippen molar-refractivity contribution in [1.82, 2.24) is 9.97 Å². The van der Waals surface area contributed by atoms with Crippen LogP contribution in [0.15, 0.2) is 24.3 Å². The molecule has 1 heterocycles. The van der Waals surface area contributed by atoms with E-state index in [1.165, 1.54) is 6.92 Å². The Hall–Kier alpha value is -2.14. The molecular formula is C16H22N4O. The smallest absolute Gasteiger partial charge is 0.221 e. The summed E-state index contributed by atoms with van der Waals surface area (Å²) in [5.41, 5.74) is 9.46. The van der Waals surface area contributed by atoms with Crippen LogP contribution < -0.4 is 11.1 Å². The number of carbonyl (C=O) groups is 1. The fraction of sp³-hybridized carbons (Fsp3) is 0.375. The second-order valence-corrected chi connectivity index (χ2v) is 6.08. The van der Waals surface area contributed by atoms with Crippen LogP contribution in [0.25, 0.3) is 11.4 Å². The third kappa shape index (κ3) is 4.16. The average Bonchev–Trinajstić information content (AvgIpc) is 2.68. The Bertz CT molecular complexity index is 653. The molecule has 0 unspecified atom stereocenters. The summed E-state index contributed by atoms with van der Waals surface area (Å²) >= 11 is 0. The molecule has 21 heavy (non-hydrogen) atoms. The number of carbonyl (C=O) groups excluding carboxylic acids is 1. The van der Waals surface area contributed by atoms with Crippen LogP contribution in [0.5, 0.6) is 0 Å². The molecule has 0 fully saturated rings. The molecule has 1 aromatic heterocycles. The molecular weight excluding hydrogens is 264 g/mol. The summed E-state index contributed by atoms with van der Waals surface area (Å²) in [6.45, 7) is 7.46. The quantitative estimate of drug-likeness (QED) is 0.807. The van der Waals surface area contributed by atoms with Crippen LogP contribution in [0.3, 0.4) is 0 Å². The number of imidazole rings is 1. The Morgan fingerprint density at radius 2 is 2.14 bits per heavy atom. The van der Waals surface area contributed by atoms with Crippen molar-refractivity contribution in [2.24, 2.45) is 5.73 Å². The number of H-pyrrole nitrogens is 1. The summed E-state index contributed by atoms with van der Waals surface area (Å²) in [5.74, 6) is 0.701. The maximum absolute atomic E-state index is 11.1. The van der Waals surface area contributed by atoms with Crippen LogP contribution in [0.1, 0.15) is 32.2 Å². The molecule has 0 bridgehead atoms. The van der Waals surface area contributed by atoms with E-state index in [4.69, 9.17) is 5.73 Å². The fourth-order valence-corrected chi connectivity index (χ4v) is 2.18. The highest BCUT2D eigenvalue weighted by Gasteiger charge is 2.17. The lowest BCUT2D eigenvalue weighted by molar-refractivity contribution is -0.114. The third-order valence-electron chi connectivity index (χ3n) is 3.06. The molecule has 0 radical (unpaired) electrons. The number of hydrogen-bond donors (Lipinski definition) is 3. The Balaban J connectivity index is 2.30. The number of nitrogens with one attached hydrogen (secondary N) is 2. The van der Waals surface area contributed by atoms with Gasteiger partial charge in [-0.3, -0.25) is 4.79 Å². The Morgan fingerprint density at radius 1 is 1.43 bits per heavy atom. The Labute approximate surface area is 125 Å². The number of nitrogens with two attached hydrogens (primary N) is 1. The van der Waals surface area contributed by atoms with Gasteiger partial charge in [0.1, 0.15) is 5.82 Å². The number of aromatic amines is 1. The van der Waals surface area contributed by atoms with E-state index >= 15 is 0 Å². The van der Waals surface area contributed by atoms with Gasteiger partial charge in [-0.15, -0.1) is 0 Å². The number of benzene rings is 1. The van der Waals surface area contributed by atoms with Gasteiger partial charge in [0.2, 0.25) is 5.91 Å². The van der Waals surface area contributed by atoms with Gasteiger partial charge in [0.05, 0.1) is 5.69 Å². The summed E-state index contributed by atoms with van der Waals surface area (Å²) in [4.78, 5) is 19.0. The van der Waals surface area contributed by atoms with Crippen molar-refractivity contribution in [3.8, 4) is 11.4 Å². The molecule has 5 nitrogen and oxygen atoms in total. The second kappa shape index (κ2) is 5.69. The van der Waals surface area contributed by atoms with Crippen molar-refractivity contribution in [1.29, 1.82) is 0 Å². The monoisotopic (exact) mass is 286 g/mol. The Kier molecular flexibility index (Phi) is 4.14. The highest BCUT2D eigenvalue weighted by molar-refractivity contribution is 5.89. The van der Waals surface area contributed by atoms with Crippen molar-refractivity contribution in [3.05, 3.63) is 35.7 Å². The maximum atomic E-state index is 11.1. The van der Waals surface area contributed by atoms with Crippen LogP contribution in [-0.4, -0.2) is 21.4 Å². The van der Waals surface area contributed by atoms with Crippen LogP contribution >= 0.6 is 0 Å².